The maximum atomic E-state index is 12.1. The molecule has 1 aromatic carbocycles. The highest BCUT2D eigenvalue weighted by Crippen LogP contribution is 2.25. The number of aliphatic hydroxyl groups excluding tert-OH is 1. The van der Waals surface area contributed by atoms with Gasteiger partial charge in [-0.25, -0.2) is 4.79 Å². The molecule has 0 aromatic heterocycles. The monoisotopic (exact) mass is 365 g/mol. The van der Waals surface area contributed by atoms with E-state index in [1.54, 1.807) is 0 Å². The fourth-order valence-electron chi connectivity index (χ4n) is 3.96. The van der Waals surface area contributed by atoms with Crippen molar-refractivity contribution >= 4 is 17.6 Å². The molecule has 3 N–H and O–H groups in total. The van der Waals surface area contributed by atoms with Crippen LogP contribution in [0.2, 0.25) is 5.02 Å². The van der Waals surface area contributed by atoms with Crippen LogP contribution < -0.4 is 10.6 Å². The van der Waals surface area contributed by atoms with Crippen molar-refractivity contribution in [1.29, 1.82) is 0 Å². The summed E-state index contributed by atoms with van der Waals surface area (Å²) in [7, 11) is 0. The predicted octanol–water partition coefficient (Wildman–Crippen LogP) is 2.91. The van der Waals surface area contributed by atoms with Gasteiger partial charge in [-0.3, -0.25) is 4.90 Å². The summed E-state index contributed by atoms with van der Waals surface area (Å²) in [5.74, 6) is 0. The summed E-state index contributed by atoms with van der Waals surface area (Å²) in [6.45, 7) is 2.36. The van der Waals surface area contributed by atoms with Crippen LogP contribution in [0, 0.1) is 0 Å². The average molecular weight is 366 g/mol. The normalized spacial score (nSPS) is 25.5. The summed E-state index contributed by atoms with van der Waals surface area (Å²) in [5, 5.41) is 16.8. The molecule has 2 amide bonds. The van der Waals surface area contributed by atoms with Crippen LogP contribution in [0.1, 0.15) is 44.1 Å². The number of piperidine rings is 1. The van der Waals surface area contributed by atoms with Gasteiger partial charge in [-0.05, 0) is 43.4 Å². The van der Waals surface area contributed by atoms with Crippen LogP contribution in [0.25, 0.3) is 0 Å². The summed E-state index contributed by atoms with van der Waals surface area (Å²) in [6, 6.07) is 7.89. The predicted molar refractivity (Wildman–Crippen MR) is 99.7 cm³/mol. The van der Waals surface area contributed by atoms with Crippen molar-refractivity contribution in [2.45, 2.75) is 63.3 Å². The van der Waals surface area contributed by atoms with Crippen LogP contribution in [-0.4, -0.2) is 47.3 Å². The minimum absolute atomic E-state index is 0.129. The SMILES string of the molecule is O=C(NCc1cccc(Cl)c1)NC1CCN(C2CCCCC2O)CC1. The van der Waals surface area contributed by atoms with Crippen LogP contribution in [0.15, 0.2) is 24.3 Å². The lowest BCUT2D eigenvalue weighted by Gasteiger charge is -2.41. The minimum atomic E-state index is -0.181. The number of carbonyl (C=O) groups is 1. The van der Waals surface area contributed by atoms with Crippen molar-refractivity contribution < 1.29 is 9.90 Å². The molecule has 1 saturated heterocycles. The number of halogens is 1. The molecule has 0 radical (unpaired) electrons. The quantitative estimate of drug-likeness (QED) is 0.768. The minimum Gasteiger partial charge on any atom is -0.391 e. The Morgan fingerprint density at radius 2 is 1.96 bits per heavy atom. The molecule has 2 aliphatic rings. The lowest BCUT2D eigenvalue weighted by atomic mass is 9.89. The second-order valence-electron chi connectivity index (χ2n) is 7.19. The fourth-order valence-corrected chi connectivity index (χ4v) is 4.17. The topological polar surface area (TPSA) is 64.6 Å². The number of urea groups is 1. The molecule has 138 valence electrons. The number of nitrogens with one attached hydrogen (secondary N) is 2. The highest BCUT2D eigenvalue weighted by molar-refractivity contribution is 6.30. The summed E-state index contributed by atoms with van der Waals surface area (Å²) >= 11 is 5.95. The maximum absolute atomic E-state index is 12.1. The lowest BCUT2D eigenvalue weighted by molar-refractivity contribution is 0.00777. The number of nitrogens with zero attached hydrogens (tertiary/aromatic N) is 1. The van der Waals surface area contributed by atoms with Crippen LogP contribution in [0.5, 0.6) is 0 Å². The molecule has 1 saturated carbocycles. The van der Waals surface area contributed by atoms with Crippen molar-refractivity contribution in [3.05, 3.63) is 34.9 Å². The third-order valence-electron chi connectivity index (χ3n) is 5.37. The van der Waals surface area contributed by atoms with Gasteiger partial charge in [0.1, 0.15) is 0 Å². The zero-order valence-corrected chi connectivity index (χ0v) is 15.3. The van der Waals surface area contributed by atoms with Crippen LogP contribution >= 0.6 is 11.6 Å². The molecule has 1 aliphatic heterocycles. The molecule has 0 bridgehead atoms. The van der Waals surface area contributed by atoms with E-state index in [9.17, 15) is 9.90 Å². The second kappa shape index (κ2) is 8.88. The van der Waals surface area contributed by atoms with E-state index in [2.05, 4.69) is 15.5 Å². The molecule has 6 heteroatoms. The zero-order valence-electron chi connectivity index (χ0n) is 14.6. The number of amides is 2. The molecular weight excluding hydrogens is 338 g/mol. The van der Waals surface area contributed by atoms with Crippen molar-refractivity contribution in [2.75, 3.05) is 13.1 Å². The van der Waals surface area contributed by atoms with Gasteiger partial charge in [0.25, 0.3) is 0 Å². The molecule has 2 fully saturated rings. The van der Waals surface area contributed by atoms with E-state index in [1.807, 2.05) is 24.3 Å². The van der Waals surface area contributed by atoms with Crippen LogP contribution in [0.4, 0.5) is 4.79 Å². The Morgan fingerprint density at radius 1 is 1.20 bits per heavy atom. The van der Waals surface area contributed by atoms with Crippen molar-refractivity contribution in [3.63, 3.8) is 0 Å². The summed E-state index contributed by atoms with van der Waals surface area (Å²) < 4.78 is 0. The first-order chi connectivity index (χ1) is 12.1. The van der Waals surface area contributed by atoms with Gasteiger partial charge in [-0.15, -0.1) is 0 Å². The number of likely N-dealkylation sites (tertiary alicyclic amines) is 1. The lowest BCUT2D eigenvalue weighted by Crippen LogP contribution is -2.53. The first-order valence-electron chi connectivity index (χ1n) is 9.33. The Hall–Kier alpha value is -1.30. The van der Waals surface area contributed by atoms with Crippen LogP contribution in [0.3, 0.4) is 0 Å². The van der Waals surface area contributed by atoms with Gasteiger partial charge >= 0.3 is 6.03 Å². The summed E-state index contributed by atoms with van der Waals surface area (Å²) in [5.41, 5.74) is 0.990. The van der Waals surface area contributed by atoms with Gasteiger partial charge in [0.15, 0.2) is 0 Å². The smallest absolute Gasteiger partial charge is 0.315 e. The maximum Gasteiger partial charge on any atom is 0.315 e. The largest absolute Gasteiger partial charge is 0.391 e. The Balaban J connectivity index is 1.39. The van der Waals surface area contributed by atoms with Gasteiger partial charge in [-0.1, -0.05) is 36.6 Å². The highest BCUT2D eigenvalue weighted by Gasteiger charge is 2.31. The molecule has 1 aromatic rings. The molecule has 2 unspecified atom stereocenters. The van der Waals surface area contributed by atoms with Crippen molar-refractivity contribution in [1.82, 2.24) is 15.5 Å². The zero-order chi connectivity index (χ0) is 17.6. The first kappa shape index (κ1) is 18.5. The fraction of sp³-hybridized carbons (Fsp3) is 0.632. The third kappa shape index (κ3) is 5.33. The number of rotatable bonds is 4. The van der Waals surface area contributed by atoms with Crippen LogP contribution in [-0.2, 0) is 6.54 Å². The Labute approximate surface area is 154 Å². The molecule has 2 atom stereocenters. The van der Waals surface area contributed by atoms with E-state index >= 15 is 0 Å². The summed E-state index contributed by atoms with van der Waals surface area (Å²) in [6.07, 6.45) is 6.07. The number of hydrogen-bond acceptors (Lipinski definition) is 3. The van der Waals surface area contributed by atoms with Gasteiger partial charge in [0.2, 0.25) is 0 Å². The van der Waals surface area contributed by atoms with E-state index in [4.69, 9.17) is 11.6 Å². The highest BCUT2D eigenvalue weighted by atomic mass is 35.5. The van der Waals surface area contributed by atoms with E-state index in [1.165, 1.54) is 6.42 Å². The molecule has 3 rings (SSSR count). The molecular formula is C19H28ClN3O2. The van der Waals surface area contributed by atoms with E-state index < -0.39 is 0 Å². The first-order valence-corrected chi connectivity index (χ1v) is 9.70. The van der Waals surface area contributed by atoms with Gasteiger partial charge < -0.3 is 15.7 Å². The van der Waals surface area contributed by atoms with E-state index in [0.29, 0.717) is 17.6 Å². The van der Waals surface area contributed by atoms with Gasteiger partial charge in [0, 0.05) is 36.7 Å². The molecule has 5 nitrogen and oxygen atoms in total. The number of carbonyl (C=O) groups excluding carboxylic acids is 1. The van der Waals surface area contributed by atoms with Gasteiger partial charge in [-0.2, -0.15) is 0 Å². The second-order valence-corrected chi connectivity index (χ2v) is 7.62. The average Bonchev–Trinajstić information content (AvgIpc) is 2.61. The van der Waals surface area contributed by atoms with Crippen molar-refractivity contribution in [3.8, 4) is 0 Å². The Bertz CT molecular complexity index is 576. The standard InChI is InChI=1S/C19H28ClN3O2/c20-15-5-3-4-14(12-15)13-21-19(25)22-16-8-10-23(11-9-16)17-6-1-2-7-18(17)24/h3-5,12,16-18,24H,1-2,6-11,13H2,(H2,21,22,25). The van der Waals surface area contributed by atoms with Gasteiger partial charge in [0.05, 0.1) is 6.10 Å². The number of aliphatic hydroxyl groups is 1. The Kier molecular flexibility index (Phi) is 6.57. The number of benzene rings is 1. The van der Waals surface area contributed by atoms with E-state index in [-0.39, 0.29) is 18.2 Å². The summed E-state index contributed by atoms with van der Waals surface area (Å²) in [4.78, 5) is 14.5. The Morgan fingerprint density at radius 3 is 2.68 bits per heavy atom. The third-order valence-corrected chi connectivity index (χ3v) is 5.60. The van der Waals surface area contributed by atoms with E-state index in [0.717, 1.165) is 50.8 Å². The molecule has 25 heavy (non-hydrogen) atoms. The molecule has 1 aliphatic carbocycles. The van der Waals surface area contributed by atoms with Crippen molar-refractivity contribution in [2.24, 2.45) is 0 Å². The molecule has 0 spiro atoms. The number of hydrogen-bond donors (Lipinski definition) is 3. The molecule has 1 heterocycles.